The first-order valence-corrected chi connectivity index (χ1v) is 5.50. The van der Waals surface area contributed by atoms with E-state index in [1.807, 2.05) is 20.8 Å². The third kappa shape index (κ3) is 4.29. The number of aromatic nitrogens is 1. The monoisotopic (exact) mass is 227 g/mol. The fourth-order valence-corrected chi connectivity index (χ4v) is 1.37. The molecule has 0 radical (unpaired) electrons. The lowest BCUT2D eigenvalue weighted by Crippen LogP contribution is -2.38. The van der Waals surface area contributed by atoms with Gasteiger partial charge in [-0.25, -0.2) is 4.98 Å². The quantitative estimate of drug-likeness (QED) is 0.765. The van der Waals surface area contributed by atoms with Crippen LogP contribution in [0, 0.1) is 0 Å². The average molecular weight is 227 g/mol. The molecular formula is C10H17N3OS. The normalized spacial score (nSPS) is 10.4. The molecule has 0 atom stereocenters. The van der Waals surface area contributed by atoms with Crippen molar-refractivity contribution in [2.45, 2.75) is 39.8 Å². The minimum Gasteiger partial charge on any atom is -0.444 e. The Bertz CT molecular complexity index is 322. The van der Waals surface area contributed by atoms with Crippen molar-refractivity contribution in [3.05, 3.63) is 17.8 Å². The zero-order chi connectivity index (χ0) is 11.3. The highest BCUT2D eigenvalue weighted by atomic mass is 32.1. The van der Waals surface area contributed by atoms with E-state index in [4.69, 9.17) is 16.6 Å². The molecule has 1 aromatic rings. The largest absolute Gasteiger partial charge is 0.444 e. The fourth-order valence-electron chi connectivity index (χ4n) is 1.06. The second-order valence-corrected chi connectivity index (χ2v) is 3.96. The minimum absolute atomic E-state index is 0.334. The molecule has 1 heterocycles. The molecule has 1 rings (SSSR count). The van der Waals surface area contributed by atoms with Crippen LogP contribution in [0.2, 0.25) is 0 Å². The van der Waals surface area contributed by atoms with Crippen LogP contribution >= 0.6 is 12.2 Å². The standard InChI is InChI=1S/C10H17N3OS/c1-4-8-5-11-9(14-8)6-12-10(15)13-7(2)3/h5,7H,4,6H2,1-3H3,(H2,12,13,15). The lowest BCUT2D eigenvalue weighted by molar-refractivity contribution is 0.453. The van der Waals surface area contributed by atoms with Crippen molar-refractivity contribution in [1.82, 2.24) is 15.6 Å². The molecule has 2 N–H and O–H groups in total. The summed E-state index contributed by atoms with van der Waals surface area (Å²) in [7, 11) is 0. The summed E-state index contributed by atoms with van der Waals surface area (Å²) in [4.78, 5) is 4.12. The molecular weight excluding hydrogens is 210 g/mol. The molecule has 0 spiro atoms. The first-order valence-electron chi connectivity index (χ1n) is 5.09. The Morgan fingerprint density at radius 2 is 2.33 bits per heavy atom. The first kappa shape index (κ1) is 12.0. The number of hydrogen-bond acceptors (Lipinski definition) is 3. The Hall–Kier alpha value is -1.10. The average Bonchev–Trinajstić information content (AvgIpc) is 2.61. The predicted octanol–water partition coefficient (Wildman–Crippen LogP) is 1.61. The van der Waals surface area contributed by atoms with E-state index in [0.29, 0.717) is 23.6 Å². The van der Waals surface area contributed by atoms with E-state index >= 15 is 0 Å². The van der Waals surface area contributed by atoms with Crippen LogP contribution in [0.25, 0.3) is 0 Å². The Morgan fingerprint density at radius 3 is 2.87 bits per heavy atom. The van der Waals surface area contributed by atoms with E-state index in [2.05, 4.69) is 15.6 Å². The van der Waals surface area contributed by atoms with Gasteiger partial charge in [0.05, 0.1) is 12.7 Å². The molecule has 0 saturated carbocycles. The molecule has 0 saturated heterocycles. The molecule has 4 nitrogen and oxygen atoms in total. The molecule has 0 fully saturated rings. The third-order valence-corrected chi connectivity index (χ3v) is 2.03. The summed E-state index contributed by atoms with van der Waals surface area (Å²) < 4.78 is 5.43. The highest BCUT2D eigenvalue weighted by molar-refractivity contribution is 7.80. The molecule has 0 bridgehead atoms. The van der Waals surface area contributed by atoms with Gasteiger partial charge in [0.15, 0.2) is 5.11 Å². The topological polar surface area (TPSA) is 50.1 Å². The third-order valence-electron chi connectivity index (χ3n) is 1.77. The lowest BCUT2D eigenvalue weighted by atomic mass is 10.4. The Kier molecular flexibility index (Phi) is 4.55. The van der Waals surface area contributed by atoms with Crippen LogP contribution < -0.4 is 10.6 Å². The second-order valence-electron chi connectivity index (χ2n) is 3.56. The summed E-state index contributed by atoms with van der Waals surface area (Å²) in [5, 5.41) is 6.74. The molecule has 0 amide bonds. The van der Waals surface area contributed by atoms with Gasteiger partial charge in [-0.3, -0.25) is 0 Å². The molecule has 5 heteroatoms. The van der Waals surface area contributed by atoms with Gasteiger partial charge >= 0.3 is 0 Å². The summed E-state index contributed by atoms with van der Waals surface area (Å²) in [5.74, 6) is 1.56. The lowest BCUT2D eigenvalue weighted by Gasteiger charge is -2.11. The van der Waals surface area contributed by atoms with Gasteiger partial charge < -0.3 is 15.1 Å². The van der Waals surface area contributed by atoms with Crippen molar-refractivity contribution in [3.63, 3.8) is 0 Å². The number of oxazole rings is 1. The molecule has 0 aliphatic rings. The number of nitrogens with one attached hydrogen (secondary N) is 2. The number of hydrogen-bond donors (Lipinski definition) is 2. The van der Waals surface area contributed by atoms with E-state index in [9.17, 15) is 0 Å². The van der Waals surface area contributed by atoms with Crippen molar-refractivity contribution in [2.75, 3.05) is 0 Å². The fraction of sp³-hybridized carbons (Fsp3) is 0.600. The van der Waals surface area contributed by atoms with Crippen molar-refractivity contribution in [2.24, 2.45) is 0 Å². The number of thiocarbonyl (C=S) groups is 1. The Balaban J connectivity index is 2.33. The van der Waals surface area contributed by atoms with Gasteiger partial charge in [-0.15, -0.1) is 0 Å². The van der Waals surface area contributed by atoms with E-state index in [1.54, 1.807) is 6.20 Å². The van der Waals surface area contributed by atoms with Gasteiger partial charge in [-0.05, 0) is 26.1 Å². The maximum absolute atomic E-state index is 5.43. The highest BCUT2D eigenvalue weighted by Crippen LogP contribution is 2.03. The summed E-state index contributed by atoms with van der Waals surface area (Å²) in [6, 6.07) is 0.334. The van der Waals surface area contributed by atoms with Crippen LogP contribution in [-0.2, 0) is 13.0 Å². The van der Waals surface area contributed by atoms with Gasteiger partial charge in [0.1, 0.15) is 5.76 Å². The molecule has 0 aliphatic carbocycles. The minimum atomic E-state index is 0.334. The van der Waals surface area contributed by atoms with Crippen molar-refractivity contribution >= 4 is 17.3 Å². The highest BCUT2D eigenvalue weighted by Gasteiger charge is 2.03. The van der Waals surface area contributed by atoms with E-state index in [-0.39, 0.29) is 0 Å². The van der Waals surface area contributed by atoms with Gasteiger partial charge in [-0.2, -0.15) is 0 Å². The van der Waals surface area contributed by atoms with Crippen molar-refractivity contribution in [3.8, 4) is 0 Å². The Morgan fingerprint density at radius 1 is 1.60 bits per heavy atom. The summed E-state index contributed by atoms with van der Waals surface area (Å²) in [6.45, 7) is 6.63. The van der Waals surface area contributed by atoms with Crippen LogP contribution in [0.15, 0.2) is 10.6 Å². The van der Waals surface area contributed by atoms with Crippen LogP contribution in [0.1, 0.15) is 32.4 Å². The number of rotatable bonds is 4. The number of aryl methyl sites for hydroxylation is 1. The SMILES string of the molecule is CCc1cnc(CNC(=S)NC(C)C)o1. The van der Waals surface area contributed by atoms with Crippen LogP contribution in [0.3, 0.4) is 0 Å². The van der Waals surface area contributed by atoms with Crippen LogP contribution in [0.5, 0.6) is 0 Å². The summed E-state index contributed by atoms with van der Waals surface area (Å²) >= 11 is 5.07. The molecule has 0 aliphatic heterocycles. The second kappa shape index (κ2) is 5.70. The van der Waals surface area contributed by atoms with Crippen molar-refractivity contribution in [1.29, 1.82) is 0 Å². The van der Waals surface area contributed by atoms with Gasteiger partial charge in [0, 0.05) is 12.5 Å². The Labute approximate surface area is 95.5 Å². The predicted molar refractivity (Wildman–Crippen MR) is 63.6 cm³/mol. The van der Waals surface area contributed by atoms with E-state index < -0.39 is 0 Å². The zero-order valence-electron chi connectivity index (χ0n) is 9.33. The van der Waals surface area contributed by atoms with Crippen LogP contribution in [0.4, 0.5) is 0 Å². The van der Waals surface area contributed by atoms with Gasteiger partial charge in [0.2, 0.25) is 5.89 Å². The van der Waals surface area contributed by atoms with E-state index in [0.717, 1.165) is 12.2 Å². The van der Waals surface area contributed by atoms with Gasteiger partial charge in [-0.1, -0.05) is 6.92 Å². The first-order chi connectivity index (χ1) is 7.11. The smallest absolute Gasteiger partial charge is 0.213 e. The zero-order valence-corrected chi connectivity index (χ0v) is 10.1. The molecule has 84 valence electrons. The maximum atomic E-state index is 5.43. The van der Waals surface area contributed by atoms with Crippen molar-refractivity contribution < 1.29 is 4.42 Å². The molecule has 0 aromatic carbocycles. The maximum Gasteiger partial charge on any atom is 0.213 e. The van der Waals surface area contributed by atoms with Crippen LogP contribution in [-0.4, -0.2) is 16.1 Å². The number of nitrogens with zero attached hydrogens (tertiary/aromatic N) is 1. The van der Waals surface area contributed by atoms with Gasteiger partial charge in [0.25, 0.3) is 0 Å². The molecule has 0 unspecified atom stereocenters. The summed E-state index contributed by atoms with van der Waals surface area (Å²) in [5.41, 5.74) is 0. The summed E-state index contributed by atoms with van der Waals surface area (Å²) in [6.07, 6.45) is 2.61. The molecule has 1 aromatic heterocycles. The van der Waals surface area contributed by atoms with E-state index in [1.165, 1.54) is 0 Å². The molecule has 15 heavy (non-hydrogen) atoms.